The normalized spacial score (nSPS) is 22.9. The van der Waals surface area contributed by atoms with Crippen molar-refractivity contribution in [1.82, 2.24) is 0 Å². The lowest BCUT2D eigenvalue weighted by Crippen LogP contribution is -2.38. The van der Waals surface area contributed by atoms with Gasteiger partial charge in [-0.25, -0.2) is 0 Å². The van der Waals surface area contributed by atoms with Gasteiger partial charge < -0.3 is 5.32 Å². The number of alkyl halides is 3. The van der Waals surface area contributed by atoms with Crippen LogP contribution in [0.4, 0.5) is 18.9 Å². The molecule has 134 valence electrons. The zero-order valence-corrected chi connectivity index (χ0v) is 14.2. The molecule has 0 bridgehead atoms. The summed E-state index contributed by atoms with van der Waals surface area (Å²) in [4.78, 5) is 12.5. The Morgan fingerprint density at radius 1 is 1.48 bits per heavy atom. The Bertz CT molecular complexity index is 736. The molecule has 8 heteroatoms. The van der Waals surface area contributed by atoms with Crippen LogP contribution in [0.15, 0.2) is 28.4 Å². The summed E-state index contributed by atoms with van der Waals surface area (Å²) in [6, 6.07) is 4.51. The molecule has 1 amide bonds. The van der Waals surface area contributed by atoms with Gasteiger partial charge in [-0.3, -0.25) is 4.79 Å². The zero-order valence-electron chi connectivity index (χ0n) is 14.2. The first-order valence-electron chi connectivity index (χ1n) is 7.90. The SMILES string of the molecule is CC(C)CC1CC(C)(C(=O)Nc2ccc(C#N)c(C(F)(F)F)c2)N=N1. The Kier molecular flexibility index (Phi) is 5.16. The highest BCUT2D eigenvalue weighted by molar-refractivity contribution is 5.98. The first kappa shape index (κ1) is 18.9. The number of hydrogen-bond acceptors (Lipinski definition) is 4. The fourth-order valence-corrected chi connectivity index (χ4v) is 2.78. The van der Waals surface area contributed by atoms with Crippen molar-refractivity contribution >= 4 is 11.6 Å². The van der Waals surface area contributed by atoms with E-state index in [4.69, 9.17) is 5.26 Å². The van der Waals surface area contributed by atoms with Crippen molar-refractivity contribution in [3.63, 3.8) is 0 Å². The second kappa shape index (κ2) is 6.82. The molecule has 0 aliphatic carbocycles. The average Bonchev–Trinajstić information content (AvgIpc) is 2.88. The monoisotopic (exact) mass is 352 g/mol. The molecule has 0 radical (unpaired) electrons. The number of anilines is 1. The van der Waals surface area contributed by atoms with Crippen LogP contribution >= 0.6 is 0 Å². The summed E-state index contributed by atoms with van der Waals surface area (Å²) >= 11 is 0. The van der Waals surface area contributed by atoms with Crippen LogP contribution < -0.4 is 5.32 Å². The van der Waals surface area contributed by atoms with E-state index in [2.05, 4.69) is 15.5 Å². The molecule has 0 saturated carbocycles. The fraction of sp³-hybridized carbons (Fsp3) is 0.529. The van der Waals surface area contributed by atoms with Crippen LogP contribution in [-0.2, 0) is 11.0 Å². The topological polar surface area (TPSA) is 77.6 Å². The van der Waals surface area contributed by atoms with E-state index in [1.54, 1.807) is 6.92 Å². The lowest BCUT2D eigenvalue weighted by Gasteiger charge is -2.20. The molecule has 0 aromatic heterocycles. The Morgan fingerprint density at radius 2 is 2.16 bits per heavy atom. The minimum Gasteiger partial charge on any atom is -0.324 e. The van der Waals surface area contributed by atoms with Gasteiger partial charge in [0.15, 0.2) is 5.54 Å². The molecule has 0 fully saturated rings. The summed E-state index contributed by atoms with van der Waals surface area (Å²) < 4.78 is 39.0. The number of benzene rings is 1. The average molecular weight is 352 g/mol. The number of nitrogens with one attached hydrogen (secondary N) is 1. The van der Waals surface area contributed by atoms with E-state index < -0.39 is 28.7 Å². The van der Waals surface area contributed by atoms with Gasteiger partial charge in [-0.05, 0) is 37.5 Å². The first-order valence-corrected chi connectivity index (χ1v) is 7.90. The second-order valence-corrected chi connectivity index (χ2v) is 6.80. The quantitative estimate of drug-likeness (QED) is 0.863. The third-order valence-corrected chi connectivity index (χ3v) is 4.01. The predicted octanol–water partition coefficient (Wildman–Crippen LogP) is 4.54. The lowest BCUT2D eigenvalue weighted by atomic mass is 9.91. The molecule has 2 unspecified atom stereocenters. The van der Waals surface area contributed by atoms with Crippen LogP contribution in [-0.4, -0.2) is 17.5 Å². The molecule has 2 rings (SSSR count). The molecule has 1 aliphatic heterocycles. The molecular formula is C17H19F3N4O. The molecule has 0 saturated heterocycles. The summed E-state index contributed by atoms with van der Waals surface area (Å²) in [5, 5.41) is 19.4. The van der Waals surface area contributed by atoms with Crippen LogP contribution in [0.3, 0.4) is 0 Å². The van der Waals surface area contributed by atoms with E-state index >= 15 is 0 Å². The van der Waals surface area contributed by atoms with Crippen LogP contribution in [0, 0.1) is 17.2 Å². The first-order chi connectivity index (χ1) is 11.5. The van der Waals surface area contributed by atoms with Gasteiger partial charge in [0.05, 0.1) is 23.2 Å². The zero-order chi connectivity index (χ0) is 18.8. The third kappa shape index (κ3) is 4.35. The highest BCUT2D eigenvalue weighted by atomic mass is 19.4. The van der Waals surface area contributed by atoms with Crippen molar-refractivity contribution in [1.29, 1.82) is 5.26 Å². The Hall–Kier alpha value is -2.43. The number of carbonyl (C=O) groups excluding carboxylic acids is 1. The van der Waals surface area contributed by atoms with Gasteiger partial charge in [0, 0.05) is 12.1 Å². The van der Waals surface area contributed by atoms with E-state index in [1.165, 1.54) is 12.1 Å². The van der Waals surface area contributed by atoms with Gasteiger partial charge in [-0.2, -0.15) is 28.7 Å². The van der Waals surface area contributed by atoms with Crippen molar-refractivity contribution < 1.29 is 18.0 Å². The molecule has 5 nitrogen and oxygen atoms in total. The highest BCUT2D eigenvalue weighted by Gasteiger charge is 2.41. The number of nitriles is 1. The van der Waals surface area contributed by atoms with E-state index in [0.717, 1.165) is 18.6 Å². The summed E-state index contributed by atoms with van der Waals surface area (Å²) in [5.41, 5.74) is -2.70. The maximum atomic E-state index is 13.0. The highest BCUT2D eigenvalue weighted by Crippen LogP contribution is 2.35. The van der Waals surface area contributed by atoms with Crippen molar-refractivity contribution in [2.75, 3.05) is 5.32 Å². The number of hydrogen-bond donors (Lipinski definition) is 1. The molecule has 1 aromatic rings. The number of azo groups is 1. The molecule has 1 aromatic carbocycles. The maximum Gasteiger partial charge on any atom is 0.417 e. The van der Waals surface area contributed by atoms with Gasteiger partial charge in [-0.15, -0.1) is 0 Å². The minimum absolute atomic E-state index is 0.0277. The van der Waals surface area contributed by atoms with Crippen LogP contribution in [0.25, 0.3) is 0 Å². The minimum atomic E-state index is -4.68. The fourth-order valence-electron chi connectivity index (χ4n) is 2.78. The maximum absolute atomic E-state index is 13.0. The summed E-state index contributed by atoms with van der Waals surface area (Å²) in [6.45, 7) is 5.70. The van der Waals surface area contributed by atoms with Crippen LogP contribution in [0.5, 0.6) is 0 Å². The Balaban J connectivity index is 2.17. The van der Waals surface area contributed by atoms with Gasteiger partial charge >= 0.3 is 6.18 Å². The molecule has 25 heavy (non-hydrogen) atoms. The van der Waals surface area contributed by atoms with Crippen molar-refractivity contribution in [2.45, 2.75) is 51.4 Å². The van der Waals surface area contributed by atoms with Crippen LogP contribution in [0.1, 0.15) is 44.7 Å². The number of rotatable bonds is 4. The molecule has 0 spiro atoms. The summed E-state index contributed by atoms with van der Waals surface area (Å²) in [5.74, 6) is -0.109. The van der Waals surface area contributed by atoms with Crippen molar-refractivity contribution in [2.24, 2.45) is 16.1 Å². The molecular weight excluding hydrogens is 333 g/mol. The number of amides is 1. The smallest absolute Gasteiger partial charge is 0.324 e. The summed E-state index contributed by atoms with van der Waals surface area (Å²) in [6.07, 6.45) is -3.47. The Morgan fingerprint density at radius 3 is 2.72 bits per heavy atom. The van der Waals surface area contributed by atoms with Gasteiger partial charge in [0.2, 0.25) is 0 Å². The number of halogens is 3. The molecule has 1 aliphatic rings. The van der Waals surface area contributed by atoms with E-state index in [-0.39, 0.29) is 11.7 Å². The third-order valence-electron chi connectivity index (χ3n) is 4.01. The Labute approximate surface area is 143 Å². The standard InChI is InChI=1S/C17H19F3N4O/c1-10(2)6-13-8-16(3,24-23-13)15(25)22-12-5-4-11(9-21)14(7-12)17(18,19)20/h4-5,7,10,13H,6,8H2,1-3H3,(H,22,25). The van der Waals surface area contributed by atoms with Gasteiger partial charge in [0.25, 0.3) is 5.91 Å². The molecule has 2 atom stereocenters. The second-order valence-electron chi connectivity index (χ2n) is 6.80. The predicted molar refractivity (Wildman–Crippen MR) is 85.9 cm³/mol. The number of nitrogens with zero attached hydrogens (tertiary/aromatic N) is 3. The van der Waals surface area contributed by atoms with E-state index in [1.807, 2.05) is 13.8 Å². The van der Waals surface area contributed by atoms with E-state index in [9.17, 15) is 18.0 Å². The largest absolute Gasteiger partial charge is 0.417 e. The van der Waals surface area contributed by atoms with Crippen molar-refractivity contribution in [3.8, 4) is 6.07 Å². The molecule has 1 N–H and O–H groups in total. The van der Waals surface area contributed by atoms with Gasteiger partial charge in [0.1, 0.15) is 0 Å². The summed E-state index contributed by atoms with van der Waals surface area (Å²) in [7, 11) is 0. The van der Waals surface area contributed by atoms with E-state index in [0.29, 0.717) is 12.3 Å². The van der Waals surface area contributed by atoms with Crippen LogP contribution in [0.2, 0.25) is 0 Å². The molecule has 1 heterocycles. The number of carbonyl (C=O) groups is 1. The van der Waals surface area contributed by atoms with Crippen molar-refractivity contribution in [3.05, 3.63) is 29.3 Å². The lowest BCUT2D eigenvalue weighted by molar-refractivity contribution is -0.137. The van der Waals surface area contributed by atoms with Gasteiger partial charge in [-0.1, -0.05) is 13.8 Å².